The van der Waals surface area contributed by atoms with Crippen LogP contribution in [0, 0.1) is 6.92 Å². The Morgan fingerprint density at radius 3 is 2.26 bits per heavy atom. The van der Waals surface area contributed by atoms with Crippen LogP contribution < -0.4 is 4.72 Å². The van der Waals surface area contributed by atoms with Gasteiger partial charge in [-0.1, -0.05) is 20.8 Å². The number of aromatic nitrogens is 1. The average Bonchev–Trinajstić information content (AvgIpc) is 2.78. The minimum Gasteiger partial charge on any atom is -0.598 e. The number of nitrogens with one attached hydrogen (secondary N) is 1. The van der Waals surface area contributed by atoms with Gasteiger partial charge in [0.15, 0.2) is 8.32 Å². The van der Waals surface area contributed by atoms with Crippen LogP contribution in [0.2, 0.25) is 18.1 Å². The van der Waals surface area contributed by atoms with Crippen molar-refractivity contribution in [1.82, 2.24) is 9.71 Å². The third-order valence-corrected chi connectivity index (χ3v) is 11.3. The molecule has 1 aromatic heterocycles. The first kappa shape index (κ1) is 21.1. The molecule has 23 heavy (non-hydrogen) atoms. The summed E-state index contributed by atoms with van der Waals surface area (Å²) < 4.78 is 21.8. The van der Waals surface area contributed by atoms with E-state index in [0.29, 0.717) is 6.61 Å². The molecule has 0 aliphatic carbocycles. The second-order valence-electron chi connectivity index (χ2n) is 8.40. The van der Waals surface area contributed by atoms with Crippen molar-refractivity contribution in [1.29, 1.82) is 0 Å². The normalized spacial score (nSPS) is 16.4. The molecule has 134 valence electrons. The SMILES string of the molecule is Cc1ncc([C@@H](CO[Si](C)(C)C(C)(C)C)N[S@+]([O-])C(C)(C)C)s1. The second kappa shape index (κ2) is 7.54. The van der Waals surface area contributed by atoms with Gasteiger partial charge in [-0.25, -0.2) is 4.98 Å². The number of hydrogen-bond acceptors (Lipinski definition) is 5. The van der Waals surface area contributed by atoms with E-state index >= 15 is 0 Å². The minimum atomic E-state index is -1.85. The zero-order chi connectivity index (χ0) is 18.1. The molecule has 0 fully saturated rings. The van der Waals surface area contributed by atoms with E-state index in [4.69, 9.17) is 4.43 Å². The molecule has 0 radical (unpaired) electrons. The summed E-state index contributed by atoms with van der Waals surface area (Å²) in [5.74, 6) is 0. The van der Waals surface area contributed by atoms with Gasteiger partial charge >= 0.3 is 0 Å². The summed E-state index contributed by atoms with van der Waals surface area (Å²) >= 11 is 0.490. The molecule has 1 N–H and O–H groups in total. The molecule has 0 bridgehead atoms. The third kappa shape index (κ3) is 6.14. The number of rotatable bonds is 6. The Bertz CT molecular complexity index is 507. The molecule has 1 rings (SSSR count). The van der Waals surface area contributed by atoms with Gasteiger partial charge in [0.2, 0.25) is 0 Å². The summed E-state index contributed by atoms with van der Waals surface area (Å²) in [6.45, 7) is 19.6. The van der Waals surface area contributed by atoms with Crippen LogP contribution in [-0.2, 0) is 15.8 Å². The number of nitrogens with zero attached hydrogens (tertiary/aromatic N) is 1. The van der Waals surface area contributed by atoms with Gasteiger partial charge in [-0.15, -0.1) is 16.1 Å². The first-order valence-corrected chi connectivity index (χ1v) is 12.9. The van der Waals surface area contributed by atoms with Crippen molar-refractivity contribution >= 4 is 31.0 Å². The van der Waals surface area contributed by atoms with Gasteiger partial charge in [0.05, 0.1) is 11.6 Å². The molecule has 0 aliphatic heterocycles. The van der Waals surface area contributed by atoms with Gasteiger partial charge in [0.1, 0.15) is 10.8 Å². The van der Waals surface area contributed by atoms with Crippen molar-refractivity contribution < 1.29 is 8.98 Å². The smallest absolute Gasteiger partial charge is 0.192 e. The van der Waals surface area contributed by atoms with E-state index < -0.39 is 19.7 Å². The van der Waals surface area contributed by atoms with Crippen molar-refractivity contribution in [3.63, 3.8) is 0 Å². The van der Waals surface area contributed by atoms with Gasteiger partial charge in [-0.05, 0) is 45.8 Å². The van der Waals surface area contributed by atoms with E-state index in [9.17, 15) is 4.55 Å². The van der Waals surface area contributed by atoms with Crippen LogP contribution >= 0.6 is 11.3 Å². The predicted octanol–water partition coefficient (Wildman–Crippen LogP) is 4.57. The van der Waals surface area contributed by atoms with Gasteiger partial charge in [0, 0.05) is 22.4 Å². The summed E-state index contributed by atoms with van der Waals surface area (Å²) in [5, 5.41) is 1.17. The predicted molar refractivity (Wildman–Crippen MR) is 104 cm³/mol. The zero-order valence-electron chi connectivity index (χ0n) is 15.9. The molecular formula is C16H32N2O2S2Si. The Morgan fingerprint density at radius 2 is 1.87 bits per heavy atom. The molecule has 0 amide bonds. The largest absolute Gasteiger partial charge is 0.598 e. The van der Waals surface area contributed by atoms with E-state index in [-0.39, 0.29) is 15.8 Å². The van der Waals surface area contributed by atoms with Crippen LogP contribution in [0.1, 0.15) is 57.5 Å². The standard InChI is InChI=1S/C16H32N2O2S2Si/c1-12-17-10-14(21-12)13(18-22(19)15(2,3)4)11-20-23(8,9)16(5,6)7/h10,13,18H,11H2,1-9H3/t13-,22-/m1/s1. The Morgan fingerprint density at radius 1 is 1.30 bits per heavy atom. The summed E-state index contributed by atoms with van der Waals surface area (Å²) in [6.07, 6.45) is 1.87. The maximum Gasteiger partial charge on any atom is 0.192 e. The Hall–Kier alpha value is 0.0769. The number of thiazole rings is 1. The molecule has 0 spiro atoms. The van der Waals surface area contributed by atoms with Crippen molar-refractivity contribution in [2.45, 2.75) is 77.4 Å². The Balaban J connectivity index is 2.89. The van der Waals surface area contributed by atoms with Crippen LogP contribution in [0.15, 0.2) is 6.20 Å². The van der Waals surface area contributed by atoms with E-state index in [1.54, 1.807) is 11.3 Å². The highest BCUT2D eigenvalue weighted by atomic mass is 32.2. The first-order chi connectivity index (χ1) is 10.2. The lowest BCUT2D eigenvalue weighted by molar-refractivity contribution is 0.257. The number of aryl methyl sites for hydroxylation is 1. The topological polar surface area (TPSA) is 57.2 Å². The van der Waals surface area contributed by atoms with Crippen molar-refractivity contribution in [3.8, 4) is 0 Å². The van der Waals surface area contributed by atoms with Gasteiger partial charge in [0.25, 0.3) is 0 Å². The summed E-state index contributed by atoms with van der Waals surface area (Å²) in [4.78, 5) is 5.42. The zero-order valence-corrected chi connectivity index (χ0v) is 18.6. The highest BCUT2D eigenvalue weighted by Gasteiger charge is 2.39. The van der Waals surface area contributed by atoms with Crippen molar-refractivity contribution in [2.24, 2.45) is 0 Å². The summed E-state index contributed by atoms with van der Waals surface area (Å²) in [6, 6.07) is -0.0876. The average molecular weight is 377 g/mol. The highest BCUT2D eigenvalue weighted by Crippen LogP contribution is 2.37. The van der Waals surface area contributed by atoms with Gasteiger partial charge < -0.3 is 8.98 Å². The third-order valence-electron chi connectivity index (χ3n) is 4.21. The molecule has 0 aromatic carbocycles. The minimum absolute atomic E-state index is 0.0876. The fraction of sp³-hybridized carbons (Fsp3) is 0.812. The lowest BCUT2D eigenvalue weighted by Crippen LogP contribution is -2.46. The molecule has 0 saturated heterocycles. The van der Waals surface area contributed by atoms with Crippen LogP contribution in [0.5, 0.6) is 0 Å². The van der Waals surface area contributed by atoms with Gasteiger partial charge in [-0.2, -0.15) is 0 Å². The monoisotopic (exact) mass is 376 g/mol. The van der Waals surface area contributed by atoms with E-state index in [2.05, 4.69) is 43.6 Å². The maximum absolute atomic E-state index is 12.5. The van der Waals surface area contributed by atoms with Crippen LogP contribution in [0.25, 0.3) is 0 Å². The first-order valence-electron chi connectivity index (χ1n) is 7.98. The molecule has 1 aromatic rings. The highest BCUT2D eigenvalue weighted by molar-refractivity contribution is 7.90. The quantitative estimate of drug-likeness (QED) is 0.584. The summed E-state index contributed by atoms with van der Waals surface area (Å²) in [5.41, 5.74) is 0. The van der Waals surface area contributed by atoms with Crippen molar-refractivity contribution in [3.05, 3.63) is 16.1 Å². The van der Waals surface area contributed by atoms with Crippen LogP contribution in [0.4, 0.5) is 0 Å². The maximum atomic E-state index is 12.5. The Kier molecular flexibility index (Phi) is 6.92. The van der Waals surface area contributed by atoms with Crippen molar-refractivity contribution in [2.75, 3.05) is 6.61 Å². The second-order valence-corrected chi connectivity index (χ2v) is 16.5. The molecule has 2 atom stereocenters. The lowest BCUT2D eigenvalue weighted by Gasteiger charge is -2.37. The molecule has 0 aliphatic rings. The van der Waals surface area contributed by atoms with Crippen LogP contribution in [-0.4, -0.2) is 29.2 Å². The molecular weight excluding hydrogens is 344 g/mol. The lowest BCUT2D eigenvalue weighted by atomic mass is 10.2. The van der Waals surface area contributed by atoms with E-state index in [0.717, 1.165) is 9.88 Å². The molecule has 7 heteroatoms. The fourth-order valence-corrected chi connectivity index (χ4v) is 4.25. The summed E-state index contributed by atoms with van der Waals surface area (Å²) in [7, 11) is -1.85. The number of hydrogen-bond donors (Lipinski definition) is 1. The molecule has 1 heterocycles. The van der Waals surface area contributed by atoms with Gasteiger partial charge in [-0.3, -0.25) is 0 Å². The fourth-order valence-electron chi connectivity index (χ4n) is 1.53. The molecule has 0 unspecified atom stereocenters. The molecule has 0 saturated carbocycles. The van der Waals surface area contributed by atoms with Crippen LogP contribution in [0.3, 0.4) is 0 Å². The van der Waals surface area contributed by atoms with E-state index in [1.165, 1.54) is 0 Å². The Labute approximate surface area is 149 Å². The molecule has 4 nitrogen and oxygen atoms in total. The van der Waals surface area contributed by atoms with E-state index in [1.807, 2.05) is 33.9 Å².